The van der Waals surface area contributed by atoms with Gasteiger partial charge in [0.15, 0.2) is 21.1 Å². The van der Waals surface area contributed by atoms with E-state index >= 15 is 0 Å². The van der Waals surface area contributed by atoms with Crippen LogP contribution < -0.4 is 0 Å². The molecule has 0 amide bonds. The molecule has 0 fully saturated rings. The first kappa shape index (κ1) is 17.4. The Bertz CT molecular complexity index is 1160. The number of benzene rings is 1. The van der Waals surface area contributed by atoms with Crippen molar-refractivity contribution in [1.82, 2.24) is 24.1 Å². The molecule has 0 atom stereocenters. The minimum Gasteiger partial charge on any atom is -0.467 e. The third-order valence-corrected chi connectivity index (χ3v) is 6.57. The van der Waals surface area contributed by atoms with Gasteiger partial charge in [0.1, 0.15) is 5.76 Å². The zero-order valence-electron chi connectivity index (χ0n) is 14.4. The fourth-order valence-corrected chi connectivity index (χ4v) is 4.96. The highest BCUT2D eigenvalue weighted by atomic mass is 32.2. The average molecular weight is 424 g/mol. The second kappa shape index (κ2) is 7.70. The molecule has 0 spiro atoms. The molecule has 28 heavy (non-hydrogen) atoms. The highest BCUT2D eigenvalue weighted by Gasteiger charge is 2.19. The van der Waals surface area contributed by atoms with Gasteiger partial charge in [-0.05, 0) is 46.9 Å². The lowest BCUT2D eigenvalue weighted by Crippen LogP contribution is -2.02. The van der Waals surface area contributed by atoms with Crippen molar-refractivity contribution in [2.24, 2.45) is 0 Å². The Kier molecular flexibility index (Phi) is 4.78. The molecule has 1 aromatic carbocycles. The van der Waals surface area contributed by atoms with E-state index in [4.69, 9.17) is 4.42 Å². The van der Waals surface area contributed by atoms with E-state index in [1.807, 2.05) is 60.0 Å². The van der Waals surface area contributed by atoms with Gasteiger partial charge in [0.2, 0.25) is 0 Å². The minimum atomic E-state index is 0.555. The largest absolute Gasteiger partial charge is 0.467 e. The highest BCUT2D eigenvalue weighted by Crippen LogP contribution is 2.33. The van der Waals surface area contributed by atoms with E-state index in [1.165, 1.54) is 23.3 Å². The number of furan rings is 1. The van der Waals surface area contributed by atoms with E-state index in [-0.39, 0.29) is 0 Å². The second-order valence-electron chi connectivity index (χ2n) is 5.80. The van der Waals surface area contributed by atoms with E-state index in [0.717, 1.165) is 37.3 Å². The van der Waals surface area contributed by atoms with Crippen LogP contribution >= 0.6 is 34.6 Å². The maximum absolute atomic E-state index is 5.54. The molecule has 0 N–H and O–H groups in total. The van der Waals surface area contributed by atoms with Gasteiger partial charge in [-0.15, -0.1) is 21.5 Å². The molecule has 0 saturated heterocycles. The number of hydrogen-bond acceptors (Lipinski definition) is 8. The topological polar surface area (TPSA) is 69.6 Å². The third kappa shape index (κ3) is 3.51. The first-order chi connectivity index (χ1) is 13.9. The Morgan fingerprint density at radius 1 is 1.00 bits per heavy atom. The maximum Gasteiger partial charge on any atom is 0.199 e. The normalized spacial score (nSPS) is 11.1. The smallest absolute Gasteiger partial charge is 0.199 e. The molecule has 5 aromatic rings. The van der Waals surface area contributed by atoms with E-state index in [0.29, 0.717) is 6.54 Å². The van der Waals surface area contributed by atoms with Crippen LogP contribution in [0.4, 0.5) is 0 Å². The third-order valence-electron chi connectivity index (χ3n) is 3.97. The predicted octanol–water partition coefficient (Wildman–Crippen LogP) is 5.32. The summed E-state index contributed by atoms with van der Waals surface area (Å²) in [4.78, 5) is 5.72. The summed E-state index contributed by atoms with van der Waals surface area (Å²) >= 11 is 4.46. The summed E-state index contributed by atoms with van der Waals surface area (Å²) in [6, 6.07) is 17.8. The zero-order chi connectivity index (χ0) is 18.8. The minimum absolute atomic E-state index is 0.555. The quantitative estimate of drug-likeness (QED) is 0.368. The molecule has 0 aliphatic carbocycles. The van der Waals surface area contributed by atoms with E-state index < -0.39 is 0 Å². The second-order valence-corrected chi connectivity index (χ2v) is 8.71. The molecule has 5 rings (SSSR count). The van der Waals surface area contributed by atoms with Crippen molar-refractivity contribution < 1.29 is 4.42 Å². The summed E-state index contributed by atoms with van der Waals surface area (Å²) in [5.74, 6) is 2.40. The summed E-state index contributed by atoms with van der Waals surface area (Å²) in [5.41, 5.74) is 1.00. The fourth-order valence-electron chi connectivity index (χ4n) is 2.69. The Morgan fingerprint density at radius 2 is 1.93 bits per heavy atom. The van der Waals surface area contributed by atoms with Gasteiger partial charge < -0.3 is 4.42 Å². The summed E-state index contributed by atoms with van der Waals surface area (Å²) in [7, 11) is 0. The molecule has 138 valence electrons. The van der Waals surface area contributed by atoms with Gasteiger partial charge in [-0.25, -0.2) is 4.98 Å². The molecule has 4 aromatic heterocycles. The van der Waals surface area contributed by atoms with Crippen LogP contribution in [0, 0.1) is 0 Å². The van der Waals surface area contributed by atoms with Crippen LogP contribution in [0.1, 0.15) is 5.76 Å². The average Bonchev–Trinajstić information content (AvgIpc) is 3.52. The molecule has 4 heterocycles. The van der Waals surface area contributed by atoms with Gasteiger partial charge in [-0.1, -0.05) is 36.4 Å². The van der Waals surface area contributed by atoms with Crippen molar-refractivity contribution in [1.29, 1.82) is 0 Å². The molecule has 0 radical (unpaired) electrons. The van der Waals surface area contributed by atoms with Crippen LogP contribution in [0.15, 0.2) is 80.2 Å². The highest BCUT2D eigenvalue weighted by molar-refractivity contribution is 8.00. The van der Waals surface area contributed by atoms with Crippen molar-refractivity contribution in [3.8, 4) is 22.1 Å². The van der Waals surface area contributed by atoms with Crippen LogP contribution in [-0.4, -0.2) is 24.1 Å². The van der Waals surface area contributed by atoms with Crippen molar-refractivity contribution in [2.45, 2.75) is 16.0 Å². The predicted molar refractivity (Wildman–Crippen MR) is 111 cm³/mol. The first-order valence-corrected chi connectivity index (χ1v) is 10.9. The molecule has 6 nitrogen and oxygen atoms in total. The number of nitrogens with zero attached hydrogens (tertiary/aromatic N) is 5. The van der Waals surface area contributed by atoms with Crippen LogP contribution in [0.25, 0.3) is 22.1 Å². The van der Waals surface area contributed by atoms with Gasteiger partial charge >= 0.3 is 0 Å². The summed E-state index contributed by atoms with van der Waals surface area (Å²) < 4.78 is 12.9. The van der Waals surface area contributed by atoms with Gasteiger partial charge in [0, 0.05) is 5.56 Å². The molecule has 0 aliphatic heterocycles. The van der Waals surface area contributed by atoms with Crippen molar-refractivity contribution >= 4 is 34.6 Å². The van der Waals surface area contributed by atoms with E-state index in [2.05, 4.69) is 24.1 Å². The van der Waals surface area contributed by atoms with Gasteiger partial charge in [-0.2, -0.15) is 4.37 Å². The Morgan fingerprint density at radius 3 is 2.71 bits per heavy atom. The number of hydrogen-bond donors (Lipinski definition) is 0. The summed E-state index contributed by atoms with van der Waals surface area (Å²) in [6.45, 7) is 0.555. The number of thiophene rings is 1. The van der Waals surface area contributed by atoms with Crippen LogP contribution in [0.2, 0.25) is 0 Å². The Balaban J connectivity index is 1.47. The Hall–Kier alpha value is -2.75. The van der Waals surface area contributed by atoms with Crippen molar-refractivity contribution in [3.63, 3.8) is 0 Å². The molecule has 0 aliphatic rings. The monoisotopic (exact) mass is 423 g/mol. The van der Waals surface area contributed by atoms with Gasteiger partial charge in [-0.3, -0.25) is 4.57 Å². The summed E-state index contributed by atoms with van der Waals surface area (Å²) in [6.07, 6.45) is 1.67. The number of rotatable bonds is 6. The molecule has 0 unspecified atom stereocenters. The Labute approximate surface area is 173 Å². The standard InChI is InChI=1S/C19H13N5OS3/c1-2-6-13(7-3-1)16-20-19(28-23-16)27-18-22-21-17(15-9-5-11-26-15)24(18)12-14-8-4-10-25-14/h1-11H,12H2. The molecule has 9 heteroatoms. The van der Waals surface area contributed by atoms with E-state index in [1.54, 1.807) is 17.6 Å². The van der Waals surface area contributed by atoms with Gasteiger partial charge in [0.05, 0.1) is 17.7 Å². The van der Waals surface area contributed by atoms with Crippen LogP contribution in [0.5, 0.6) is 0 Å². The first-order valence-electron chi connectivity index (χ1n) is 8.43. The van der Waals surface area contributed by atoms with Crippen LogP contribution in [-0.2, 0) is 6.54 Å². The zero-order valence-corrected chi connectivity index (χ0v) is 16.9. The molecule has 0 saturated carbocycles. The van der Waals surface area contributed by atoms with Crippen molar-refractivity contribution in [3.05, 3.63) is 72.0 Å². The van der Waals surface area contributed by atoms with Crippen molar-refractivity contribution in [2.75, 3.05) is 0 Å². The summed E-state index contributed by atoms with van der Waals surface area (Å²) in [5, 5.41) is 11.6. The molecule has 0 bridgehead atoms. The van der Waals surface area contributed by atoms with E-state index in [9.17, 15) is 0 Å². The van der Waals surface area contributed by atoms with Crippen LogP contribution in [0.3, 0.4) is 0 Å². The number of aromatic nitrogens is 5. The lowest BCUT2D eigenvalue weighted by Gasteiger charge is -2.06. The van der Waals surface area contributed by atoms with Gasteiger partial charge in [0.25, 0.3) is 0 Å². The lowest BCUT2D eigenvalue weighted by atomic mass is 10.2. The maximum atomic E-state index is 5.54. The lowest BCUT2D eigenvalue weighted by molar-refractivity contribution is 0.485. The fraction of sp³-hybridized carbons (Fsp3) is 0.0526. The molecular formula is C19H13N5OS3. The molecular weight excluding hydrogens is 410 g/mol. The SMILES string of the molecule is c1ccc(-c2nsc(Sc3nnc(-c4cccs4)n3Cc3ccco3)n2)cc1.